The number of pyridine rings is 1. The number of carbonyl (C=O) groups is 1. The zero-order chi connectivity index (χ0) is 16.3. The molecule has 1 aromatic carbocycles. The second-order valence-corrected chi connectivity index (χ2v) is 4.79. The lowest BCUT2D eigenvalue weighted by Crippen LogP contribution is -2.17. The summed E-state index contributed by atoms with van der Waals surface area (Å²) in [5.74, 6) is -0.473. The van der Waals surface area contributed by atoms with Crippen LogP contribution in [0, 0.1) is 6.92 Å². The SMILES string of the molecule is CCc1ccccc1NC(=O)c1ccc(C(F)(F)F)nc1C. The smallest absolute Gasteiger partial charge is 0.322 e. The highest BCUT2D eigenvalue weighted by Crippen LogP contribution is 2.28. The minimum absolute atomic E-state index is 0.0429. The fraction of sp³-hybridized carbons (Fsp3) is 0.250. The molecule has 6 heteroatoms. The predicted molar refractivity (Wildman–Crippen MR) is 77.7 cm³/mol. The van der Waals surface area contributed by atoms with Crippen LogP contribution in [0.2, 0.25) is 0 Å². The lowest BCUT2D eigenvalue weighted by Gasteiger charge is -2.12. The summed E-state index contributed by atoms with van der Waals surface area (Å²) in [5.41, 5.74) is 0.762. The first-order chi connectivity index (χ1) is 10.3. The van der Waals surface area contributed by atoms with Crippen molar-refractivity contribution in [2.75, 3.05) is 5.32 Å². The third-order valence-corrected chi connectivity index (χ3v) is 3.27. The minimum atomic E-state index is -4.52. The van der Waals surface area contributed by atoms with E-state index >= 15 is 0 Å². The molecule has 3 nitrogen and oxygen atoms in total. The maximum atomic E-state index is 12.6. The second-order valence-electron chi connectivity index (χ2n) is 4.79. The number of rotatable bonds is 3. The van der Waals surface area contributed by atoms with Crippen LogP contribution < -0.4 is 5.32 Å². The molecule has 0 bridgehead atoms. The summed E-state index contributed by atoms with van der Waals surface area (Å²) < 4.78 is 37.7. The molecule has 0 spiro atoms. The molecule has 2 rings (SSSR count). The number of aromatic nitrogens is 1. The van der Waals surface area contributed by atoms with E-state index in [1.165, 1.54) is 6.92 Å². The number of halogens is 3. The number of amides is 1. The van der Waals surface area contributed by atoms with E-state index in [0.29, 0.717) is 5.69 Å². The number of nitrogens with one attached hydrogen (secondary N) is 1. The van der Waals surface area contributed by atoms with Crippen molar-refractivity contribution in [2.45, 2.75) is 26.4 Å². The van der Waals surface area contributed by atoms with Gasteiger partial charge in [-0.3, -0.25) is 4.79 Å². The predicted octanol–water partition coefficient (Wildman–Crippen LogP) is 4.22. The largest absolute Gasteiger partial charge is 0.433 e. The van der Waals surface area contributed by atoms with Crippen LogP contribution in [0.25, 0.3) is 0 Å². The monoisotopic (exact) mass is 308 g/mol. The Morgan fingerprint density at radius 1 is 1.18 bits per heavy atom. The van der Waals surface area contributed by atoms with E-state index in [1.54, 1.807) is 12.1 Å². The molecule has 0 aliphatic heterocycles. The normalized spacial score (nSPS) is 11.3. The van der Waals surface area contributed by atoms with Crippen molar-refractivity contribution in [2.24, 2.45) is 0 Å². The van der Waals surface area contributed by atoms with Gasteiger partial charge in [0.15, 0.2) is 0 Å². The maximum Gasteiger partial charge on any atom is 0.433 e. The van der Waals surface area contributed by atoms with Crippen LogP contribution in [0.1, 0.15) is 34.2 Å². The molecule has 22 heavy (non-hydrogen) atoms. The zero-order valence-corrected chi connectivity index (χ0v) is 12.2. The van der Waals surface area contributed by atoms with Gasteiger partial charge >= 0.3 is 6.18 Å². The summed E-state index contributed by atoms with van der Waals surface area (Å²) in [4.78, 5) is 15.7. The topological polar surface area (TPSA) is 42.0 Å². The van der Waals surface area contributed by atoms with Crippen molar-refractivity contribution >= 4 is 11.6 Å². The van der Waals surface area contributed by atoms with Crippen LogP contribution >= 0.6 is 0 Å². The summed E-state index contributed by atoms with van der Waals surface area (Å²) in [6.07, 6.45) is -3.78. The Bertz CT molecular complexity index is 696. The molecule has 0 fully saturated rings. The maximum absolute atomic E-state index is 12.6. The molecule has 0 atom stereocenters. The van der Waals surface area contributed by atoms with Crippen LogP contribution in [-0.2, 0) is 12.6 Å². The number of aryl methyl sites for hydroxylation is 2. The van der Waals surface area contributed by atoms with Crippen LogP contribution in [0.15, 0.2) is 36.4 Å². The van der Waals surface area contributed by atoms with Gasteiger partial charge in [0.25, 0.3) is 5.91 Å². The van der Waals surface area contributed by atoms with Crippen molar-refractivity contribution in [3.8, 4) is 0 Å². The molecule has 1 heterocycles. The molecule has 0 unspecified atom stereocenters. The van der Waals surface area contributed by atoms with Crippen molar-refractivity contribution in [1.29, 1.82) is 0 Å². The molecule has 0 radical (unpaired) electrons. The van der Waals surface area contributed by atoms with E-state index in [9.17, 15) is 18.0 Å². The van der Waals surface area contributed by atoms with Gasteiger partial charge in [0.05, 0.1) is 11.3 Å². The highest BCUT2D eigenvalue weighted by atomic mass is 19.4. The van der Waals surface area contributed by atoms with Gasteiger partial charge in [-0.25, -0.2) is 4.98 Å². The van der Waals surface area contributed by atoms with E-state index in [2.05, 4.69) is 10.3 Å². The summed E-state index contributed by atoms with van der Waals surface area (Å²) in [5, 5.41) is 2.72. The number of benzene rings is 1. The van der Waals surface area contributed by atoms with E-state index in [4.69, 9.17) is 0 Å². The quantitative estimate of drug-likeness (QED) is 0.922. The lowest BCUT2D eigenvalue weighted by molar-refractivity contribution is -0.141. The van der Waals surface area contributed by atoms with Crippen molar-refractivity contribution in [3.05, 3.63) is 58.9 Å². The number of hydrogen-bond donors (Lipinski definition) is 1. The number of nitrogens with zero attached hydrogens (tertiary/aromatic N) is 1. The standard InChI is InChI=1S/C16H15F3N2O/c1-3-11-6-4-5-7-13(11)21-15(22)12-8-9-14(16(17,18)19)20-10(12)2/h4-9H,3H2,1-2H3,(H,21,22). The fourth-order valence-corrected chi connectivity index (χ4v) is 2.10. The average Bonchev–Trinajstić information content (AvgIpc) is 2.46. The van der Waals surface area contributed by atoms with Gasteiger partial charge in [0.2, 0.25) is 0 Å². The highest BCUT2D eigenvalue weighted by molar-refractivity contribution is 6.05. The van der Waals surface area contributed by atoms with Gasteiger partial charge in [-0.05, 0) is 37.1 Å². The van der Waals surface area contributed by atoms with E-state index in [0.717, 1.165) is 24.1 Å². The van der Waals surface area contributed by atoms with Gasteiger partial charge in [0.1, 0.15) is 5.69 Å². The van der Waals surface area contributed by atoms with Crippen LogP contribution in [-0.4, -0.2) is 10.9 Å². The molecule has 1 N–H and O–H groups in total. The summed E-state index contributed by atoms with van der Waals surface area (Å²) in [7, 11) is 0. The molecule has 116 valence electrons. The lowest BCUT2D eigenvalue weighted by atomic mass is 10.1. The van der Waals surface area contributed by atoms with Crippen LogP contribution in [0.5, 0.6) is 0 Å². The average molecular weight is 308 g/mol. The molecule has 0 aliphatic carbocycles. The Hall–Kier alpha value is -2.37. The fourth-order valence-electron chi connectivity index (χ4n) is 2.10. The number of para-hydroxylation sites is 1. The first kappa shape index (κ1) is 16.0. The third kappa shape index (κ3) is 3.44. The number of alkyl halides is 3. The van der Waals surface area contributed by atoms with E-state index < -0.39 is 17.8 Å². The van der Waals surface area contributed by atoms with Crippen LogP contribution in [0.4, 0.5) is 18.9 Å². The van der Waals surface area contributed by atoms with Crippen molar-refractivity contribution in [3.63, 3.8) is 0 Å². The zero-order valence-electron chi connectivity index (χ0n) is 12.2. The second kappa shape index (κ2) is 6.17. The minimum Gasteiger partial charge on any atom is -0.322 e. The van der Waals surface area contributed by atoms with E-state index in [-0.39, 0.29) is 11.3 Å². The number of carbonyl (C=O) groups excluding carboxylic acids is 1. The molecule has 0 saturated heterocycles. The Balaban J connectivity index is 2.27. The van der Waals surface area contributed by atoms with Crippen molar-refractivity contribution < 1.29 is 18.0 Å². The Labute approximate surface area is 126 Å². The van der Waals surface area contributed by atoms with Crippen LogP contribution in [0.3, 0.4) is 0 Å². The van der Waals surface area contributed by atoms with E-state index in [1.807, 2.05) is 19.1 Å². The molecular weight excluding hydrogens is 293 g/mol. The Kier molecular flexibility index (Phi) is 4.49. The molecular formula is C16H15F3N2O. The Morgan fingerprint density at radius 2 is 1.86 bits per heavy atom. The first-order valence-corrected chi connectivity index (χ1v) is 6.77. The van der Waals surface area contributed by atoms with Gasteiger partial charge in [-0.2, -0.15) is 13.2 Å². The summed E-state index contributed by atoms with van der Waals surface area (Å²) >= 11 is 0. The molecule has 0 aliphatic rings. The van der Waals surface area contributed by atoms with Gasteiger partial charge in [-0.15, -0.1) is 0 Å². The first-order valence-electron chi connectivity index (χ1n) is 6.77. The highest BCUT2D eigenvalue weighted by Gasteiger charge is 2.33. The number of anilines is 1. The molecule has 0 saturated carbocycles. The summed E-state index contributed by atoms with van der Waals surface area (Å²) in [6.45, 7) is 3.34. The summed E-state index contributed by atoms with van der Waals surface area (Å²) in [6, 6.07) is 9.24. The third-order valence-electron chi connectivity index (χ3n) is 3.27. The number of hydrogen-bond acceptors (Lipinski definition) is 2. The molecule has 1 amide bonds. The van der Waals surface area contributed by atoms with Crippen molar-refractivity contribution in [1.82, 2.24) is 4.98 Å². The van der Waals surface area contributed by atoms with Gasteiger partial charge in [0, 0.05) is 5.69 Å². The molecule has 2 aromatic rings. The van der Waals surface area contributed by atoms with Gasteiger partial charge < -0.3 is 5.32 Å². The van der Waals surface area contributed by atoms with Gasteiger partial charge in [-0.1, -0.05) is 25.1 Å². The molecule has 1 aromatic heterocycles. The Morgan fingerprint density at radius 3 is 2.45 bits per heavy atom.